The van der Waals surface area contributed by atoms with Gasteiger partial charge in [0.15, 0.2) is 0 Å². The zero-order chi connectivity index (χ0) is 30.0. The van der Waals surface area contributed by atoms with Gasteiger partial charge in [-0.1, -0.05) is 74.9 Å². The highest BCUT2D eigenvalue weighted by atomic mass is 16.5. The average molecular weight is 585 g/mol. The van der Waals surface area contributed by atoms with Gasteiger partial charge in [0.2, 0.25) is 0 Å². The van der Waals surface area contributed by atoms with Crippen LogP contribution < -0.4 is 0 Å². The minimum atomic E-state index is -0.386. The molecule has 0 radical (unpaired) electrons. The van der Waals surface area contributed by atoms with E-state index in [9.17, 15) is 15.0 Å². The highest BCUT2D eigenvalue weighted by molar-refractivity contribution is 5.76. The Balaban J connectivity index is 1.11. The molecule has 0 aromatic heterocycles. The van der Waals surface area contributed by atoms with Crippen LogP contribution in [0.1, 0.15) is 84.3 Å². The maximum absolute atomic E-state index is 13.2. The van der Waals surface area contributed by atoms with Crippen LogP contribution in [0, 0.1) is 50.7 Å². The molecule has 2 N–H and O–H groups in total. The Labute approximate surface area is 256 Å². The molecule has 5 heteroatoms. The van der Waals surface area contributed by atoms with Crippen molar-refractivity contribution < 1.29 is 24.5 Å². The number of carbonyl (C=O) groups excluding carboxylic acids is 1. The number of aliphatic hydroxyl groups excluding tert-OH is 2. The molecule has 1 aromatic rings. The van der Waals surface area contributed by atoms with E-state index >= 15 is 0 Å². The lowest BCUT2D eigenvalue weighted by molar-refractivity contribution is -0.199. The summed E-state index contributed by atoms with van der Waals surface area (Å²) in [6, 6.07) is 10.6. The fraction of sp³-hybridized carbons (Fsp3) is 0.658. The predicted octanol–water partition coefficient (Wildman–Crippen LogP) is 6.72. The molecular weight excluding hydrogens is 536 g/mol. The fourth-order valence-corrected chi connectivity index (χ4v) is 12.3. The van der Waals surface area contributed by atoms with Gasteiger partial charge in [-0.25, -0.2) is 0 Å². The zero-order valence-electron chi connectivity index (χ0n) is 26.2. The number of aliphatic hydroxyl groups is 2. The van der Waals surface area contributed by atoms with E-state index in [0.29, 0.717) is 18.9 Å². The molecule has 5 fully saturated rings. The molecule has 5 nitrogen and oxygen atoms in total. The van der Waals surface area contributed by atoms with Crippen molar-refractivity contribution in [3.8, 4) is 0 Å². The number of ether oxygens (including phenoxy) is 2. The standard InChI is InChI=1S/C38H48O5/c1-23(20-39)16-26-18-27(33(41)43-26)28-11-15-38-21-37(28,38)14-12-30-34(2)13-10-25-17-29(24-8-6-5-7-9-24)42-22-35(25,3)31(34)19-32(40)36(30,38)4/h5-10,12,14,16,26-32,39-40H,11,13,15,17-22H2,1-4H3/b23-16-/t26-,27-,28-,29+,30-,31-,32-,34-,35+,36+,37+,38-/m1/s1. The Kier molecular flexibility index (Phi) is 6.03. The van der Waals surface area contributed by atoms with E-state index in [1.54, 1.807) is 0 Å². The maximum Gasteiger partial charge on any atom is 0.309 e. The molecule has 0 bridgehead atoms. The zero-order valence-corrected chi connectivity index (χ0v) is 26.2. The van der Waals surface area contributed by atoms with Crippen molar-refractivity contribution in [2.45, 2.75) is 91.0 Å². The molecule has 2 saturated heterocycles. The minimum absolute atomic E-state index is 0.00914. The molecule has 43 heavy (non-hydrogen) atoms. The normalized spacial score (nSPS) is 51.4. The van der Waals surface area contributed by atoms with Gasteiger partial charge in [-0.2, -0.15) is 0 Å². The summed E-state index contributed by atoms with van der Waals surface area (Å²) in [6.07, 6.45) is 15.6. The summed E-state index contributed by atoms with van der Waals surface area (Å²) in [5, 5.41) is 21.8. The van der Waals surface area contributed by atoms with E-state index in [1.165, 1.54) is 11.1 Å². The third-order valence-electron chi connectivity index (χ3n) is 14.5. The highest BCUT2D eigenvalue weighted by Gasteiger charge is 2.84. The molecule has 3 saturated carbocycles. The second kappa shape index (κ2) is 9.17. The molecule has 8 rings (SSSR count). The first kappa shape index (κ1) is 28.3. The molecule has 0 amide bonds. The van der Waals surface area contributed by atoms with Gasteiger partial charge in [0.05, 0.1) is 31.3 Å². The van der Waals surface area contributed by atoms with Crippen molar-refractivity contribution in [1.29, 1.82) is 0 Å². The van der Waals surface area contributed by atoms with Crippen molar-refractivity contribution in [1.82, 2.24) is 0 Å². The van der Waals surface area contributed by atoms with Gasteiger partial charge in [-0.3, -0.25) is 4.79 Å². The Morgan fingerprint density at radius 1 is 1.14 bits per heavy atom. The number of cyclic esters (lactones) is 1. The van der Waals surface area contributed by atoms with Crippen molar-refractivity contribution in [3.05, 3.63) is 71.3 Å². The largest absolute Gasteiger partial charge is 0.458 e. The van der Waals surface area contributed by atoms with Crippen LogP contribution in [-0.2, 0) is 14.3 Å². The lowest BCUT2D eigenvalue weighted by Gasteiger charge is -2.67. The Bertz CT molecular complexity index is 1430. The predicted molar refractivity (Wildman–Crippen MR) is 165 cm³/mol. The molecule has 12 atom stereocenters. The SMILES string of the molecule is C/C(=C/[C@@H]1C[C@H]([C@H]2CC[C@]34C[C@@]23C=C[C@@H]2[C@@]3(C)CC=C5C[C@@H](c6ccccc6)OC[C@]5(C)[C@@H]3C[C@@H](O)[C@]24C)C(=O)O1)CO. The van der Waals surface area contributed by atoms with E-state index in [1.807, 2.05) is 13.0 Å². The van der Waals surface area contributed by atoms with Crippen molar-refractivity contribution in [3.63, 3.8) is 0 Å². The topological polar surface area (TPSA) is 76.0 Å². The fourth-order valence-electron chi connectivity index (χ4n) is 12.3. The first-order valence-electron chi connectivity index (χ1n) is 16.7. The van der Waals surface area contributed by atoms with Crippen LogP contribution in [0.25, 0.3) is 0 Å². The van der Waals surface area contributed by atoms with Gasteiger partial charge in [-0.05, 0) is 96.7 Å². The Morgan fingerprint density at radius 2 is 1.93 bits per heavy atom. The van der Waals surface area contributed by atoms with Gasteiger partial charge < -0.3 is 19.7 Å². The number of allylic oxidation sites excluding steroid dienone is 3. The van der Waals surface area contributed by atoms with E-state index in [4.69, 9.17) is 9.47 Å². The number of benzene rings is 1. The number of fused-ring (bicyclic) bond motifs is 5. The molecule has 0 unspecified atom stereocenters. The molecule has 0 spiro atoms. The second-order valence-corrected chi connectivity index (χ2v) is 16.1. The van der Waals surface area contributed by atoms with Crippen molar-refractivity contribution in [2.24, 2.45) is 50.7 Å². The van der Waals surface area contributed by atoms with Crippen LogP contribution in [0.15, 0.2) is 65.8 Å². The first-order chi connectivity index (χ1) is 20.5. The summed E-state index contributed by atoms with van der Waals surface area (Å²) in [5.74, 6) is 0.706. The number of hydrogen-bond acceptors (Lipinski definition) is 5. The third kappa shape index (κ3) is 3.48. The van der Waals surface area contributed by atoms with Crippen molar-refractivity contribution in [2.75, 3.05) is 13.2 Å². The van der Waals surface area contributed by atoms with Gasteiger partial charge >= 0.3 is 5.97 Å². The van der Waals surface area contributed by atoms with Crippen LogP contribution >= 0.6 is 0 Å². The summed E-state index contributed by atoms with van der Waals surface area (Å²) in [4.78, 5) is 13.2. The highest BCUT2D eigenvalue weighted by Crippen LogP contribution is 2.89. The summed E-state index contributed by atoms with van der Waals surface area (Å²) < 4.78 is 12.5. The van der Waals surface area contributed by atoms with Crippen LogP contribution in [0.5, 0.6) is 0 Å². The summed E-state index contributed by atoms with van der Waals surface area (Å²) >= 11 is 0. The lowest BCUT2D eigenvalue weighted by atomic mass is 9.38. The van der Waals surface area contributed by atoms with E-state index in [-0.39, 0.29) is 75.7 Å². The monoisotopic (exact) mass is 584 g/mol. The van der Waals surface area contributed by atoms with E-state index < -0.39 is 0 Å². The smallest absolute Gasteiger partial charge is 0.309 e. The quantitative estimate of drug-likeness (QED) is 0.304. The molecule has 2 aliphatic heterocycles. The van der Waals surface area contributed by atoms with Gasteiger partial charge in [0.25, 0.3) is 0 Å². The molecule has 230 valence electrons. The molecule has 1 aromatic carbocycles. The van der Waals surface area contributed by atoms with Gasteiger partial charge in [0, 0.05) is 17.3 Å². The van der Waals surface area contributed by atoms with Gasteiger partial charge in [-0.15, -0.1) is 0 Å². The average Bonchev–Trinajstić information content (AvgIpc) is 3.39. The second-order valence-electron chi connectivity index (χ2n) is 16.1. The summed E-state index contributed by atoms with van der Waals surface area (Å²) in [6.45, 7) is 9.90. The third-order valence-corrected chi connectivity index (χ3v) is 14.5. The molecule has 7 aliphatic rings. The number of hydrogen-bond donors (Lipinski definition) is 2. The van der Waals surface area contributed by atoms with Crippen LogP contribution in [0.2, 0.25) is 0 Å². The minimum Gasteiger partial charge on any atom is -0.458 e. The lowest BCUT2D eigenvalue weighted by Crippen LogP contribution is -2.64. The van der Waals surface area contributed by atoms with E-state index in [2.05, 4.69) is 69.3 Å². The van der Waals surface area contributed by atoms with Crippen LogP contribution in [0.4, 0.5) is 0 Å². The summed E-state index contributed by atoms with van der Waals surface area (Å²) in [5.41, 5.74) is 3.38. The van der Waals surface area contributed by atoms with Gasteiger partial charge in [0.1, 0.15) is 6.10 Å². The van der Waals surface area contributed by atoms with Crippen molar-refractivity contribution >= 4 is 5.97 Å². The number of carbonyl (C=O) groups is 1. The van der Waals surface area contributed by atoms with E-state index in [0.717, 1.165) is 44.1 Å². The summed E-state index contributed by atoms with van der Waals surface area (Å²) in [7, 11) is 0. The molecule has 2 heterocycles. The Morgan fingerprint density at radius 3 is 2.70 bits per heavy atom. The Hall–Kier alpha value is -2.21. The van der Waals surface area contributed by atoms with Crippen LogP contribution in [-0.4, -0.2) is 41.6 Å². The van der Waals surface area contributed by atoms with Crippen LogP contribution in [0.3, 0.4) is 0 Å². The first-order valence-corrected chi connectivity index (χ1v) is 16.7. The number of esters is 1. The molecule has 5 aliphatic carbocycles. The number of rotatable bonds is 4. The molecular formula is C38H48O5. The maximum atomic E-state index is 13.2.